The number of fused-ring (bicyclic) bond motifs is 14. The predicted octanol–water partition coefficient (Wildman–Crippen LogP) is 4.37. The Balaban J connectivity index is 1.96. The maximum absolute atomic E-state index is 14.0. The van der Waals surface area contributed by atoms with Gasteiger partial charge < -0.3 is 35.8 Å². The zero-order chi connectivity index (χ0) is 40.2. The molecule has 54 heavy (non-hydrogen) atoms. The highest BCUT2D eigenvalue weighted by atomic mass is 32.2. The first-order chi connectivity index (χ1) is 25.2. The number of sulfonamides is 1. The van der Waals surface area contributed by atoms with Crippen molar-refractivity contribution < 1.29 is 42.2 Å². The number of benzene rings is 2. The average molecular weight is 774 g/mol. The summed E-state index contributed by atoms with van der Waals surface area (Å²) in [5.74, 6) is -1.07. The number of aliphatic hydroxyl groups excluding tert-OH is 1. The fourth-order valence-electron chi connectivity index (χ4n) is 5.79. The first-order valence-electron chi connectivity index (χ1n) is 18.6. The number of rotatable bonds is 11. The van der Waals surface area contributed by atoms with Crippen LogP contribution in [0.1, 0.15) is 86.6 Å². The third-order valence-electron chi connectivity index (χ3n) is 8.74. The monoisotopic (exact) mass is 773 g/mol. The Hall–Kier alpha value is -4.21. The molecule has 300 valence electrons. The van der Waals surface area contributed by atoms with E-state index >= 15 is 0 Å². The highest BCUT2D eigenvalue weighted by molar-refractivity contribution is 7.89. The quantitative estimate of drug-likeness (QED) is 0.221. The van der Waals surface area contributed by atoms with Crippen LogP contribution in [0.5, 0.6) is 5.75 Å². The van der Waals surface area contributed by atoms with E-state index in [-0.39, 0.29) is 42.7 Å². The molecule has 0 fully saturated rings. The average Bonchev–Trinajstić information content (AvgIpc) is 3.07. The van der Waals surface area contributed by atoms with E-state index in [4.69, 9.17) is 9.47 Å². The third kappa shape index (κ3) is 14.2. The molecule has 0 radical (unpaired) electrons. The van der Waals surface area contributed by atoms with Crippen molar-refractivity contribution in [1.82, 2.24) is 20.3 Å². The number of anilines is 1. The minimum absolute atomic E-state index is 0.0155. The van der Waals surface area contributed by atoms with Crippen molar-refractivity contribution in [2.75, 3.05) is 25.0 Å². The molecule has 14 nitrogen and oxygen atoms in total. The van der Waals surface area contributed by atoms with Crippen molar-refractivity contribution >= 4 is 39.5 Å². The van der Waals surface area contributed by atoms with Crippen LogP contribution in [0.15, 0.2) is 53.4 Å². The van der Waals surface area contributed by atoms with Gasteiger partial charge in [-0.3, -0.25) is 14.4 Å². The van der Waals surface area contributed by atoms with Crippen molar-refractivity contribution in [2.45, 2.75) is 122 Å². The van der Waals surface area contributed by atoms with Crippen LogP contribution < -0.4 is 26.0 Å². The molecule has 0 unspecified atom stereocenters. The zero-order valence-electron chi connectivity index (χ0n) is 32.8. The van der Waals surface area contributed by atoms with E-state index in [1.807, 2.05) is 26.0 Å². The van der Waals surface area contributed by atoms with Crippen LogP contribution in [0.25, 0.3) is 0 Å². The lowest BCUT2D eigenvalue weighted by molar-refractivity contribution is -0.132. The fraction of sp³-hybridized carbons (Fsp3) is 0.590. The molecule has 2 aliphatic rings. The SMILES string of the molecule is CC(=O)Nc1ccc(S(=O)(=O)N(CCC(C)C)C[C@@H](O)[C@@H]2Cc3ccc(cc3)OCCCC[C@@H](NC(=O)OC(C)(C)C)C(=O)N[C@@H](C(C)C)C(=O)N2)cc1. The highest BCUT2D eigenvalue weighted by Gasteiger charge is 2.35. The molecule has 0 saturated carbocycles. The topological polar surface area (TPSA) is 192 Å². The number of nitrogens with zero attached hydrogens (tertiary/aromatic N) is 1. The predicted molar refractivity (Wildman–Crippen MR) is 206 cm³/mol. The number of amides is 4. The lowest BCUT2D eigenvalue weighted by Crippen LogP contribution is -2.59. The van der Waals surface area contributed by atoms with Crippen LogP contribution >= 0.6 is 0 Å². The molecule has 4 rings (SSSR count). The lowest BCUT2D eigenvalue weighted by Gasteiger charge is -2.32. The molecule has 0 saturated heterocycles. The summed E-state index contributed by atoms with van der Waals surface area (Å²) in [5.41, 5.74) is 0.404. The van der Waals surface area contributed by atoms with Gasteiger partial charge in [-0.1, -0.05) is 39.8 Å². The summed E-state index contributed by atoms with van der Waals surface area (Å²) in [6.07, 6.45) is -0.102. The second-order valence-corrected chi connectivity index (χ2v) is 17.5. The molecule has 2 heterocycles. The molecule has 0 spiro atoms. The Bertz CT molecular complexity index is 1660. The standard InChI is InChI=1S/C39H59N5O9S/c1-25(2)20-21-44(54(50,51)31-18-14-29(15-19-31)40-27(5)45)24-34(46)33-23-28-12-16-30(17-13-28)52-22-10-9-11-32(42-38(49)53-39(6,7)8)36(47)43-35(26(3)4)37(48)41-33/h12-19,25-26,32-35,46H,9-11,20-24H2,1-8H3,(H,40,45)(H,41,48)(H,42,49)(H,43,47)/t32-,33+,34-,35+/m1/s1. The molecule has 4 atom stereocenters. The number of carbonyl (C=O) groups excluding carboxylic acids is 4. The largest absolute Gasteiger partial charge is 0.494 e. The van der Waals surface area contributed by atoms with Gasteiger partial charge in [-0.25, -0.2) is 13.2 Å². The van der Waals surface area contributed by atoms with Crippen molar-refractivity contribution in [1.29, 1.82) is 0 Å². The van der Waals surface area contributed by atoms with Crippen molar-refractivity contribution in [2.24, 2.45) is 11.8 Å². The Kier molecular flexibility index (Phi) is 16.3. The number of alkyl carbamates (subject to hydrolysis) is 1. The molecular weight excluding hydrogens is 715 g/mol. The van der Waals surface area contributed by atoms with Gasteiger partial charge in [-0.05, 0) is 107 Å². The molecule has 15 heteroatoms. The molecule has 2 aromatic carbocycles. The second-order valence-electron chi connectivity index (χ2n) is 15.6. The van der Waals surface area contributed by atoms with Crippen molar-refractivity contribution in [3.05, 3.63) is 54.1 Å². The van der Waals surface area contributed by atoms with Crippen molar-refractivity contribution in [3.8, 4) is 5.75 Å². The van der Waals surface area contributed by atoms with E-state index in [9.17, 15) is 32.7 Å². The van der Waals surface area contributed by atoms with E-state index in [0.29, 0.717) is 37.3 Å². The van der Waals surface area contributed by atoms with Crippen LogP contribution in [0.3, 0.4) is 0 Å². The maximum Gasteiger partial charge on any atom is 0.408 e. The first kappa shape index (κ1) is 44.2. The number of nitrogens with one attached hydrogen (secondary N) is 4. The van der Waals surface area contributed by atoms with Gasteiger partial charge in [-0.15, -0.1) is 0 Å². The van der Waals surface area contributed by atoms with E-state index in [0.717, 1.165) is 5.56 Å². The number of ether oxygens (including phenoxy) is 2. The van der Waals surface area contributed by atoms with Gasteiger partial charge in [0, 0.05) is 25.7 Å². The number of hydrogen-bond donors (Lipinski definition) is 5. The van der Waals surface area contributed by atoms with Crippen LogP contribution in [-0.2, 0) is 35.6 Å². The summed E-state index contributed by atoms with van der Waals surface area (Å²) in [6, 6.07) is 9.98. The van der Waals surface area contributed by atoms with Gasteiger partial charge in [0.15, 0.2) is 0 Å². The Morgan fingerprint density at radius 3 is 2.20 bits per heavy atom. The van der Waals surface area contributed by atoms with Crippen LogP contribution in [0.4, 0.5) is 10.5 Å². The Morgan fingerprint density at radius 1 is 0.981 bits per heavy atom. The maximum atomic E-state index is 14.0. The molecule has 2 aliphatic heterocycles. The van der Waals surface area contributed by atoms with Gasteiger partial charge in [-0.2, -0.15) is 4.31 Å². The van der Waals surface area contributed by atoms with Crippen LogP contribution in [0, 0.1) is 11.8 Å². The van der Waals surface area contributed by atoms with E-state index in [2.05, 4.69) is 21.3 Å². The molecule has 4 amide bonds. The van der Waals surface area contributed by atoms with Gasteiger partial charge in [0.05, 0.1) is 23.6 Å². The summed E-state index contributed by atoms with van der Waals surface area (Å²) in [7, 11) is -4.13. The number of aliphatic hydroxyl groups is 1. The number of hydrogen-bond acceptors (Lipinski definition) is 9. The molecule has 0 aliphatic carbocycles. The molecule has 0 aromatic heterocycles. The summed E-state index contributed by atoms with van der Waals surface area (Å²) >= 11 is 0. The smallest absolute Gasteiger partial charge is 0.408 e. The van der Waals surface area contributed by atoms with E-state index < -0.39 is 63.7 Å². The van der Waals surface area contributed by atoms with E-state index in [1.54, 1.807) is 46.8 Å². The second kappa shape index (κ2) is 19.9. The first-order valence-corrected chi connectivity index (χ1v) is 20.1. The third-order valence-corrected chi connectivity index (χ3v) is 10.6. The van der Waals surface area contributed by atoms with Crippen LogP contribution in [0.2, 0.25) is 0 Å². The normalized spacial score (nSPS) is 19.7. The van der Waals surface area contributed by atoms with Crippen LogP contribution in [-0.4, -0.2) is 91.2 Å². The summed E-state index contributed by atoms with van der Waals surface area (Å²) in [6.45, 7) is 14.1. The fourth-order valence-corrected chi connectivity index (χ4v) is 7.26. The minimum atomic E-state index is -4.13. The molecule has 2 aromatic rings. The Morgan fingerprint density at radius 2 is 1.63 bits per heavy atom. The summed E-state index contributed by atoms with van der Waals surface area (Å²) in [4.78, 5) is 51.9. The van der Waals surface area contributed by atoms with Crippen molar-refractivity contribution in [3.63, 3.8) is 0 Å². The zero-order valence-corrected chi connectivity index (χ0v) is 33.6. The van der Waals surface area contributed by atoms with Gasteiger partial charge in [0.25, 0.3) is 0 Å². The molecular formula is C39H59N5O9S. The Labute approximate surface area is 320 Å². The van der Waals surface area contributed by atoms with Gasteiger partial charge in [0.1, 0.15) is 23.4 Å². The van der Waals surface area contributed by atoms with Gasteiger partial charge in [0.2, 0.25) is 27.7 Å². The summed E-state index contributed by atoms with van der Waals surface area (Å²) < 4.78 is 40.6. The molecule has 2 bridgehead atoms. The van der Waals surface area contributed by atoms with E-state index in [1.165, 1.54) is 35.5 Å². The lowest BCUT2D eigenvalue weighted by atomic mass is 9.98. The van der Waals surface area contributed by atoms with Gasteiger partial charge >= 0.3 is 6.09 Å². The molecule has 5 N–H and O–H groups in total. The highest BCUT2D eigenvalue weighted by Crippen LogP contribution is 2.22. The minimum Gasteiger partial charge on any atom is -0.494 e. The number of carbonyl (C=O) groups is 4. The summed E-state index contributed by atoms with van der Waals surface area (Å²) in [5, 5.41) is 22.8.